The van der Waals surface area contributed by atoms with Crippen LogP contribution in [0.3, 0.4) is 0 Å². The van der Waals surface area contributed by atoms with Crippen LogP contribution in [0, 0.1) is 0 Å². The van der Waals surface area contributed by atoms with E-state index in [9.17, 15) is 55.1 Å². The molecule has 0 bridgehead atoms. The Balaban J connectivity index is 2.53. The van der Waals surface area contributed by atoms with Crippen molar-refractivity contribution in [2.45, 2.75) is 280 Å². The van der Waals surface area contributed by atoms with Crippen molar-refractivity contribution in [2.24, 2.45) is 0 Å². The molecular formula is C46H92NO13P. The lowest BCUT2D eigenvalue weighted by atomic mass is 9.85. The van der Waals surface area contributed by atoms with Crippen LogP contribution in [-0.4, -0.2) is 119 Å². The van der Waals surface area contributed by atoms with Crippen LogP contribution in [0.25, 0.3) is 0 Å². The molecule has 0 spiro atoms. The molecule has 11 atom stereocenters. The summed E-state index contributed by atoms with van der Waals surface area (Å²) in [5, 5.41) is 85.4. The first-order chi connectivity index (χ1) is 29.3. The number of phosphoric acid groups is 1. The lowest BCUT2D eigenvalue weighted by molar-refractivity contribution is -0.220. The van der Waals surface area contributed by atoms with Gasteiger partial charge in [0.15, 0.2) is 0 Å². The topological polar surface area (TPSA) is 247 Å². The maximum Gasteiger partial charge on any atom is 0.472 e. The van der Waals surface area contributed by atoms with Gasteiger partial charge >= 0.3 is 7.82 Å². The molecule has 1 amide bonds. The number of rotatable bonds is 41. The Labute approximate surface area is 369 Å². The van der Waals surface area contributed by atoms with E-state index in [0.717, 1.165) is 51.4 Å². The van der Waals surface area contributed by atoms with Crippen molar-refractivity contribution in [3.8, 4) is 0 Å². The Morgan fingerprint density at radius 1 is 0.508 bits per heavy atom. The average Bonchev–Trinajstić information content (AvgIpc) is 3.24. The summed E-state index contributed by atoms with van der Waals surface area (Å²) in [5.41, 5.74) is 0. The Hall–Kier alpha value is -0.740. The second-order valence-corrected chi connectivity index (χ2v) is 19.4. The molecule has 364 valence electrons. The van der Waals surface area contributed by atoms with E-state index in [1.807, 2.05) is 0 Å². The standard InChI is InChI=1S/C46H92NO13P/c1-3-5-7-9-11-13-15-17-18-19-20-21-22-24-26-28-30-32-34-38(49)46(56)47-36(35-59-61(57,58)60-45-43(54)41(52)40(51)42(53)44(45)55)39(50)37(48)33-31-29-27-25-23-16-14-12-10-8-6-4-2/h36-45,48-55H,3-35H2,1-2H3,(H,47,56)(H,57,58)/t36-,37+,38?,39-,40?,41+,42?,43?,44?,45?/m0/s1. The van der Waals surface area contributed by atoms with Crippen molar-refractivity contribution in [3.05, 3.63) is 0 Å². The number of unbranched alkanes of at least 4 members (excludes halogenated alkanes) is 28. The minimum absolute atomic E-state index is 0.158. The zero-order chi connectivity index (χ0) is 45.3. The summed E-state index contributed by atoms with van der Waals surface area (Å²) >= 11 is 0. The second-order valence-electron chi connectivity index (χ2n) is 18.0. The number of nitrogens with one attached hydrogen (secondary N) is 1. The van der Waals surface area contributed by atoms with Crippen molar-refractivity contribution in [1.29, 1.82) is 0 Å². The number of phosphoric ester groups is 1. The number of aliphatic hydroxyl groups excluding tert-OH is 8. The van der Waals surface area contributed by atoms with Gasteiger partial charge < -0.3 is 51.1 Å². The zero-order valence-corrected chi connectivity index (χ0v) is 39.1. The van der Waals surface area contributed by atoms with E-state index < -0.39 is 81.3 Å². The minimum Gasteiger partial charge on any atom is -0.390 e. The van der Waals surface area contributed by atoms with Crippen LogP contribution in [0.5, 0.6) is 0 Å². The van der Waals surface area contributed by atoms with E-state index in [2.05, 4.69) is 19.2 Å². The lowest BCUT2D eigenvalue weighted by Gasteiger charge is -2.41. The van der Waals surface area contributed by atoms with Gasteiger partial charge in [0.2, 0.25) is 5.91 Å². The molecule has 0 saturated heterocycles. The highest BCUT2D eigenvalue weighted by molar-refractivity contribution is 7.47. The number of carbonyl (C=O) groups excluding carboxylic acids is 1. The van der Waals surface area contributed by atoms with Gasteiger partial charge in [-0.2, -0.15) is 0 Å². The van der Waals surface area contributed by atoms with Crippen molar-refractivity contribution in [1.82, 2.24) is 5.32 Å². The van der Waals surface area contributed by atoms with Crippen molar-refractivity contribution in [2.75, 3.05) is 6.61 Å². The molecule has 1 aliphatic rings. The summed E-state index contributed by atoms with van der Waals surface area (Å²) in [4.78, 5) is 23.5. The predicted molar refractivity (Wildman–Crippen MR) is 240 cm³/mol. The fraction of sp³-hybridized carbons (Fsp3) is 0.978. The number of aliphatic hydroxyl groups is 8. The largest absolute Gasteiger partial charge is 0.472 e. The summed E-state index contributed by atoms with van der Waals surface area (Å²) in [5.74, 6) is -0.857. The SMILES string of the molecule is CCCCCCCCCCCCCCCCCCCCC(O)C(=O)N[C@@H](COP(=O)(O)OC1C(O)C(O)C(O)[C@@H](O)C1O)[C@H](O)[C@H](O)CCCCCCCCCCCCCC. The van der Waals surface area contributed by atoms with E-state index in [4.69, 9.17) is 9.05 Å². The maximum atomic E-state index is 13.1. The maximum absolute atomic E-state index is 13.1. The third-order valence-corrected chi connectivity index (χ3v) is 13.4. The molecule has 7 unspecified atom stereocenters. The molecule has 10 N–H and O–H groups in total. The van der Waals surface area contributed by atoms with Gasteiger partial charge in [-0.1, -0.05) is 206 Å². The number of hydrogen-bond acceptors (Lipinski definition) is 12. The summed E-state index contributed by atoms with van der Waals surface area (Å²) in [7, 11) is -5.23. The monoisotopic (exact) mass is 898 g/mol. The Morgan fingerprint density at radius 3 is 1.18 bits per heavy atom. The highest BCUT2D eigenvalue weighted by Gasteiger charge is 2.51. The molecule has 0 radical (unpaired) electrons. The fourth-order valence-corrected chi connectivity index (χ4v) is 9.16. The minimum atomic E-state index is -5.23. The third-order valence-electron chi connectivity index (χ3n) is 12.4. The molecule has 1 aliphatic carbocycles. The van der Waals surface area contributed by atoms with Gasteiger partial charge in [-0.05, 0) is 12.8 Å². The highest BCUT2D eigenvalue weighted by Crippen LogP contribution is 2.47. The Morgan fingerprint density at radius 2 is 0.820 bits per heavy atom. The predicted octanol–water partition coefficient (Wildman–Crippen LogP) is 7.40. The molecule has 15 heteroatoms. The lowest BCUT2D eigenvalue weighted by Crippen LogP contribution is -2.64. The van der Waals surface area contributed by atoms with Gasteiger partial charge in [0.1, 0.15) is 48.8 Å². The van der Waals surface area contributed by atoms with E-state index in [1.165, 1.54) is 128 Å². The normalized spacial score (nSPS) is 23.7. The van der Waals surface area contributed by atoms with Gasteiger partial charge in [-0.3, -0.25) is 13.8 Å². The zero-order valence-electron chi connectivity index (χ0n) is 38.2. The molecule has 0 aromatic heterocycles. The van der Waals surface area contributed by atoms with Gasteiger partial charge in [-0.25, -0.2) is 4.57 Å². The van der Waals surface area contributed by atoms with E-state index in [0.29, 0.717) is 12.8 Å². The highest BCUT2D eigenvalue weighted by atomic mass is 31.2. The number of amides is 1. The summed E-state index contributed by atoms with van der Waals surface area (Å²) in [6.07, 6.45) is 19.0. The molecule has 14 nitrogen and oxygen atoms in total. The Kier molecular flexibility index (Phi) is 34.8. The van der Waals surface area contributed by atoms with Crippen LogP contribution in [0.1, 0.15) is 219 Å². The van der Waals surface area contributed by atoms with Crippen LogP contribution >= 0.6 is 7.82 Å². The third kappa shape index (κ3) is 27.4. The van der Waals surface area contributed by atoms with E-state index >= 15 is 0 Å². The first kappa shape index (κ1) is 58.3. The molecular weight excluding hydrogens is 805 g/mol. The van der Waals surface area contributed by atoms with Crippen molar-refractivity contribution < 1.29 is 64.2 Å². The summed E-state index contributed by atoms with van der Waals surface area (Å²) in [6.45, 7) is 3.58. The van der Waals surface area contributed by atoms with Gasteiger partial charge in [0, 0.05) is 0 Å². The molecule has 0 aliphatic heterocycles. The second kappa shape index (κ2) is 36.5. The van der Waals surface area contributed by atoms with Gasteiger partial charge in [-0.15, -0.1) is 0 Å². The fourth-order valence-electron chi connectivity index (χ4n) is 8.19. The van der Waals surface area contributed by atoms with E-state index in [1.54, 1.807) is 0 Å². The number of hydrogen-bond donors (Lipinski definition) is 10. The molecule has 1 saturated carbocycles. The van der Waals surface area contributed by atoms with Crippen LogP contribution < -0.4 is 5.32 Å². The molecule has 0 aromatic carbocycles. The Bertz CT molecular complexity index is 1080. The number of carbonyl (C=O) groups is 1. The first-order valence-electron chi connectivity index (χ1n) is 24.7. The first-order valence-corrected chi connectivity index (χ1v) is 26.2. The van der Waals surface area contributed by atoms with Crippen LogP contribution in [-0.2, 0) is 18.4 Å². The van der Waals surface area contributed by atoms with Gasteiger partial charge in [0.05, 0.1) is 18.8 Å². The molecule has 1 rings (SSSR count). The van der Waals surface area contributed by atoms with Gasteiger partial charge in [0.25, 0.3) is 0 Å². The van der Waals surface area contributed by atoms with Crippen LogP contribution in [0.2, 0.25) is 0 Å². The van der Waals surface area contributed by atoms with E-state index in [-0.39, 0.29) is 12.8 Å². The average molecular weight is 898 g/mol. The van der Waals surface area contributed by atoms with Crippen LogP contribution in [0.4, 0.5) is 0 Å². The molecule has 0 aromatic rings. The molecule has 1 fully saturated rings. The molecule has 61 heavy (non-hydrogen) atoms. The summed E-state index contributed by atoms with van der Waals surface area (Å²) < 4.78 is 22.8. The van der Waals surface area contributed by atoms with Crippen LogP contribution in [0.15, 0.2) is 0 Å². The van der Waals surface area contributed by atoms with Crippen molar-refractivity contribution in [3.63, 3.8) is 0 Å². The summed E-state index contributed by atoms with van der Waals surface area (Å²) in [6, 6.07) is -1.47. The molecule has 0 heterocycles. The smallest absolute Gasteiger partial charge is 0.390 e. The van der Waals surface area contributed by atoms with Crippen molar-refractivity contribution >= 4 is 13.7 Å². The quantitative estimate of drug-likeness (QED) is 0.0213.